The van der Waals surface area contributed by atoms with E-state index < -0.39 is 31.0 Å². The Hall–Kier alpha value is -1.27. The molecule has 88 valence electrons. The summed E-state index contributed by atoms with van der Waals surface area (Å²) in [6, 6.07) is 0. The van der Waals surface area contributed by atoms with Crippen molar-refractivity contribution in [3.8, 4) is 0 Å². The number of alkyl halides is 3. The van der Waals surface area contributed by atoms with Gasteiger partial charge in [0.05, 0.1) is 6.42 Å². The summed E-state index contributed by atoms with van der Waals surface area (Å²) < 4.78 is 34.9. The normalized spacial score (nSPS) is 11.1. The number of halogens is 3. The van der Waals surface area contributed by atoms with Crippen LogP contribution in [-0.2, 0) is 9.59 Å². The van der Waals surface area contributed by atoms with Crippen LogP contribution in [0, 0.1) is 0 Å². The quantitative estimate of drug-likeness (QED) is 0.718. The summed E-state index contributed by atoms with van der Waals surface area (Å²) in [5.41, 5.74) is 0. The highest BCUT2D eigenvalue weighted by Crippen LogP contribution is 2.18. The van der Waals surface area contributed by atoms with E-state index in [2.05, 4.69) is 5.32 Å². The van der Waals surface area contributed by atoms with Crippen LogP contribution in [0.4, 0.5) is 13.2 Å². The predicted molar refractivity (Wildman–Crippen MR) is 45.2 cm³/mol. The molecular weight excluding hydrogens is 215 g/mol. The van der Waals surface area contributed by atoms with Gasteiger partial charge in [-0.15, -0.1) is 0 Å². The predicted octanol–water partition coefficient (Wildman–Crippen LogP) is 1.31. The van der Waals surface area contributed by atoms with E-state index in [1.54, 1.807) is 0 Å². The van der Waals surface area contributed by atoms with Gasteiger partial charge in [-0.05, 0) is 6.42 Å². The van der Waals surface area contributed by atoms with Crippen molar-refractivity contribution in [3.63, 3.8) is 0 Å². The molecule has 0 radical (unpaired) electrons. The standard InChI is InChI=1S/C8H12F3NO3/c9-8(10,11)4-5-12-6(13)2-1-3-7(14)15/h1-5H2,(H,12,13)(H,14,15). The summed E-state index contributed by atoms with van der Waals surface area (Å²) >= 11 is 0. The van der Waals surface area contributed by atoms with Gasteiger partial charge in [0.1, 0.15) is 0 Å². The number of amides is 1. The lowest BCUT2D eigenvalue weighted by molar-refractivity contribution is -0.137. The van der Waals surface area contributed by atoms with Crippen molar-refractivity contribution in [1.82, 2.24) is 5.32 Å². The molecule has 2 N–H and O–H groups in total. The van der Waals surface area contributed by atoms with Crippen LogP contribution >= 0.6 is 0 Å². The molecule has 15 heavy (non-hydrogen) atoms. The van der Waals surface area contributed by atoms with E-state index in [4.69, 9.17) is 5.11 Å². The van der Waals surface area contributed by atoms with Gasteiger partial charge in [-0.25, -0.2) is 0 Å². The average molecular weight is 227 g/mol. The van der Waals surface area contributed by atoms with E-state index in [1.807, 2.05) is 0 Å². The molecule has 0 atom stereocenters. The molecule has 0 aliphatic rings. The Bertz CT molecular complexity index is 228. The molecule has 1 amide bonds. The summed E-state index contributed by atoms with van der Waals surface area (Å²) in [6.07, 6.45) is -5.45. The zero-order valence-corrected chi connectivity index (χ0v) is 7.93. The molecule has 0 saturated carbocycles. The van der Waals surface area contributed by atoms with Gasteiger partial charge in [-0.2, -0.15) is 13.2 Å². The van der Waals surface area contributed by atoms with Gasteiger partial charge >= 0.3 is 12.1 Å². The minimum Gasteiger partial charge on any atom is -0.481 e. The van der Waals surface area contributed by atoms with Crippen LogP contribution in [0.15, 0.2) is 0 Å². The maximum absolute atomic E-state index is 11.6. The minimum atomic E-state index is -4.28. The second-order valence-corrected chi connectivity index (χ2v) is 2.96. The van der Waals surface area contributed by atoms with Crippen LogP contribution in [0.5, 0.6) is 0 Å². The molecule has 0 aliphatic carbocycles. The lowest BCUT2D eigenvalue weighted by Gasteiger charge is -2.07. The number of carboxylic acids is 1. The number of carboxylic acid groups (broad SMARTS) is 1. The summed E-state index contributed by atoms with van der Waals surface area (Å²) in [7, 11) is 0. The smallest absolute Gasteiger partial charge is 0.390 e. The van der Waals surface area contributed by atoms with E-state index in [9.17, 15) is 22.8 Å². The number of nitrogens with one attached hydrogen (secondary N) is 1. The molecule has 0 saturated heterocycles. The third-order valence-electron chi connectivity index (χ3n) is 1.53. The highest BCUT2D eigenvalue weighted by molar-refractivity contribution is 5.76. The average Bonchev–Trinajstić information content (AvgIpc) is 2.00. The minimum absolute atomic E-state index is 0.0653. The Balaban J connectivity index is 3.46. The molecule has 0 rings (SSSR count). The Morgan fingerprint density at radius 3 is 2.27 bits per heavy atom. The molecule has 7 heteroatoms. The van der Waals surface area contributed by atoms with Crippen molar-refractivity contribution in [2.24, 2.45) is 0 Å². The van der Waals surface area contributed by atoms with Crippen molar-refractivity contribution in [3.05, 3.63) is 0 Å². The molecule has 0 fully saturated rings. The van der Waals surface area contributed by atoms with Crippen LogP contribution in [0.2, 0.25) is 0 Å². The van der Waals surface area contributed by atoms with Crippen LogP contribution in [-0.4, -0.2) is 29.7 Å². The van der Waals surface area contributed by atoms with Gasteiger partial charge in [-0.3, -0.25) is 9.59 Å². The number of hydrogen-bond donors (Lipinski definition) is 2. The third-order valence-corrected chi connectivity index (χ3v) is 1.53. The lowest BCUT2D eigenvalue weighted by atomic mass is 10.2. The van der Waals surface area contributed by atoms with Gasteiger partial charge in [0, 0.05) is 19.4 Å². The summed E-state index contributed by atoms with van der Waals surface area (Å²) in [5, 5.41) is 10.3. The number of hydrogen-bond acceptors (Lipinski definition) is 2. The molecule has 0 aromatic carbocycles. The summed E-state index contributed by atoms with van der Waals surface area (Å²) in [4.78, 5) is 20.9. The van der Waals surface area contributed by atoms with Crippen LogP contribution in [0.1, 0.15) is 25.7 Å². The van der Waals surface area contributed by atoms with Gasteiger partial charge in [0.25, 0.3) is 0 Å². The van der Waals surface area contributed by atoms with Gasteiger partial charge < -0.3 is 10.4 Å². The monoisotopic (exact) mass is 227 g/mol. The molecule has 0 aliphatic heterocycles. The molecule has 0 bridgehead atoms. The molecule has 0 heterocycles. The zero-order chi connectivity index (χ0) is 11.9. The summed E-state index contributed by atoms with van der Waals surface area (Å²) in [6.45, 7) is -0.463. The Morgan fingerprint density at radius 2 is 1.80 bits per heavy atom. The summed E-state index contributed by atoms with van der Waals surface area (Å²) in [5.74, 6) is -1.58. The van der Waals surface area contributed by atoms with Crippen molar-refractivity contribution in [1.29, 1.82) is 0 Å². The molecule has 4 nitrogen and oxygen atoms in total. The number of rotatable bonds is 6. The van der Waals surface area contributed by atoms with Crippen LogP contribution in [0.25, 0.3) is 0 Å². The number of carbonyl (C=O) groups is 2. The van der Waals surface area contributed by atoms with E-state index in [0.717, 1.165) is 0 Å². The zero-order valence-electron chi connectivity index (χ0n) is 7.93. The molecule has 0 aromatic rings. The number of carbonyl (C=O) groups excluding carboxylic acids is 1. The lowest BCUT2D eigenvalue weighted by Crippen LogP contribution is -2.27. The molecule has 0 spiro atoms. The second kappa shape index (κ2) is 6.26. The topological polar surface area (TPSA) is 66.4 Å². The van der Waals surface area contributed by atoms with Crippen molar-refractivity contribution in [2.45, 2.75) is 31.9 Å². The number of aliphatic carboxylic acids is 1. The van der Waals surface area contributed by atoms with Crippen molar-refractivity contribution in [2.75, 3.05) is 6.54 Å². The van der Waals surface area contributed by atoms with E-state index in [0.29, 0.717) is 0 Å². The van der Waals surface area contributed by atoms with E-state index >= 15 is 0 Å². The maximum atomic E-state index is 11.6. The van der Waals surface area contributed by atoms with Gasteiger partial charge in [0.15, 0.2) is 0 Å². The van der Waals surface area contributed by atoms with Crippen LogP contribution < -0.4 is 5.32 Å². The Morgan fingerprint density at radius 1 is 1.20 bits per heavy atom. The molecule has 0 unspecified atom stereocenters. The fourth-order valence-corrected chi connectivity index (χ4v) is 0.832. The molecule has 0 aromatic heterocycles. The fraction of sp³-hybridized carbons (Fsp3) is 0.750. The highest BCUT2D eigenvalue weighted by atomic mass is 19.4. The first-order valence-corrected chi connectivity index (χ1v) is 4.36. The van der Waals surface area contributed by atoms with Crippen LogP contribution in [0.3, 0.4) is 0 Å². The Labute approximate surface area is 84.5 Å². The highest BCUT2D eigenvalue weighted by Gasteiger charge is 2.26. The largest absolute Gasteiger partial charge is 0.481 e. The van der Waals surface area contributed by atoms with E-state index in [-0.39, 0.29) is 19.3 Å². The van der Waals surface area contributed by atoms with E-state index in [1.165, 1.54) is 0 Å². The first kappa shape index (κ1) is 13.7. The SMILES string of the molecule is O=C(O)CCCC(=O)NCCC(F)(F)F. The first-order valence-electron chi connectivity index (χ1n) is 4.36. The Kier molecular flexibility index (Phi) is 5.73. The molecular formula is C8H12F3NO3. The van der Waals surface area contributed by atoms with Crippen molar-refractivity contribution < 1.29 is 27.9 Å². The van der Waals surface area contributed by atoms with Gasteiger partial charge in [0.2, 0.25) is 5.91 Å². The van der Waals surface area contributed by atoms with Crippen molar-refractivity contribution >= 4 is 11.9 Å². The van der Waals surface area contributed by atoms with Gasteiger partial charge in [-0.1, -0.05) is 0 Å². The second-order valence-electron chi connectivity index (χ2n) is 2.96. The first-order chi connectivity index (χ1) is 6.81. The fourth-order valence-electron chi connectivity index (χ4n) is 0.832. The maximum Gasteiger partial charge on any atom is 0.390 e. The third kappa shape index (κ3) is 10.7.